The summed E-state index contributed by atoms with van der Waals surface area (Å²) in [7, 11) is 1.79. The molecule has 0 radical (unpaired) electrons. The summed E-state index contributed by atoms with van der Waals surface area (Å²) in [5, 5.41) is 12.4. The van der Waals surface area contributed by atoms with Gasteiger partial charge in [-0.3, -0.25) is 19.0 Å². The number of hydrogen-bond donors (Lipinski definition) is 1. The van der Waals surface area contributed by atoms with Crippen LogP contribution in [0.25, 0.3) is 11.1 Å². The molecule has 0 spiro atoms. The number of benzene rings is 1. The Bertz CT molecular complexity index is 2080. The number of likely N-dealkylation sites (tertiary alicyclic amines) is 1. The van der Waals surface area contributed by atoms with Gasteiger partial charge in [0.2, 0.25) is 5.91 Å². The van der Waals surface area contributed by atoms with Gasteiger partial charge in [-0.15, -0.1) is 0 Å². The minimum Gasteiger partial charge on any atom is -0.357 e. The van der Waals surface area contributed by atoms with Crippen molar-refractivity contribution in [3.05, 3.63) is 70.3 Å². The van der Waals surface area contributed by atoms with Gasteiger partial charge in [0, 0.05) is 100 Å². The molecule has 1 N–H and O–H groups in total. The standard InChI is InChI=1S/C40H48F2N10O2/c1-25(53)50-17-11-35-33(24-50)39(51-12-3-4-27-18-31(28-20-44-47(2)23-28)32(38(41)42)19-36(27)51)46-52(35)29-9-13-48(14-10-29)22-26-7-15-49(16-8-26)37-6-5-30-34(45-37)21-43-40(30)54/h5-6,18-20,23,26,29,38H,3-4,7-17,21-22,24H2,1-2H3,(H,43,54). The van der Waals surface area contributed by atoms with Crippen molar-refractivity contribution in [3.8, 4) is 11.1 Å². The van der Waals surface area contributed by atoms with Gasteiger partial charge in [-0.2, -0.15) is 10.2 Å². The molecular weight excluding hydrogens is 691 g/mol. The van der Waals surface area contributed by atoms with E-state index in [1.165, 1.54) is 5.69 Å². The van der Waals surface area contributed by atoms with E-state index < -0.39 is 6.43 Å². The first-order chi connectivity index (χ1) is 26.2. The number of rotatable bonds is 7. The molecule has 2 amide bonds. The number of aryl methyl sites for hydroxylation is 2. The lowest BCUT2D eigenvalue weighted by atomic mass is 9.92. The second kappa shape index (κ2) is 14.1. The largest absolute Gasteiger partial charge is 0.357 e. The van der Waals surface area contributed by atoms with Crippen LogP contribution in [0.5, 0.6) is 0 Å². The van der Waals surface area contributed by atoms with Crippen molar-refractivity contribution in [1.29, 1.82) is 0 Å². The molecule has 0 saturated carbocycles. The topological polar surface area (TPSA) is 108 Å². The second-order valence-corrected chi connectivity index (χ2v) is 15.7. The Balaban J connectivity index is 0.912. The van der Waals surface area contributed by atoms with E-state index in [0.717, 1.165) is 112 Å². The molecule has 3 aromatic heterocycles. The summed E-state index contributed by atoms with van der Waals surface area (Å²) < 4.78 is 33.2. The Kier molecular flexibility index (Phi) is 9.11. The van der Waals surface area contributed by atoms with Crippen LogP contribution in [-0.4, -0.2) is 92.0 Å². The number of alkyl halides is 2. The first kappa shape index (κ1) is 34.9. The average Bonchev–Trinajstić information content (AvgIpc) is 3.90. The molecule has 54 heavy (non-hydrogen) atoms. The smallest absolute Gasteiger partial charge is 0.264 e. The number of nitrogens with one attached hydrogen (secondary N) is 1. The van der Waals surface area contributed by atoms with Gasteiger partial charge in [0.25, 0.3) is 12.3 Å². The molecule has 0 bridgehead atoms. The third-order valence-corrected chi connectivity index (χ3v) is 12.4. The van der Waals surface area contributed by atoms with Gasteiger partial charge in [-0.05, 0) is 79.8 Å². The van der Waals surface area contributed by atoms with Crippen molar-refractivity contribution in [2.24, 2.45) is 13.0 Å². The van der Waals surface area contributed by atoms with Crippen LogP contribution in [0.4, 0.5) is 26.1 Å². The number of pyridine rings is 1. The summed E-state index contributed by atoms with van der Waals surface area (Å²) in [4.78, 5) is 38.3. The maximum absolute atomic E-state index is 14.7. The van der Waals surface area contributed by atoms with Crippen LogP contribution in [-0.2, 0) is 37.8 Å². The summed E-state index contributed by atoms with van der Waals surface area (Å²) in [6, 6.07) is 7.73. The minimum absolute atomic E-state index is 0.000460. The number of fused-ring (bicyclic) bond motifs is 3. The Morgan fingerprint density at radius 3 is 2.56 bits per heavy atom. The molecule has 2 saturated heterocycles. The summed E-state index contributed by atoms with van der Waals surface area (Å²) in [5.41, 5.74) is 6.81. The predicted molar refractivity (Wildman–Crippen MR) is 201 cm³/mol. The van der Waals surface area contributed by atoms with E-state index in [1.54, 1.807) is 37.1 Å². The lowest BCUT2D eigenvalue weighted by molar-refractivity contribution is -0.129. The van der Waals surface area contributed by atoms with E-state index in [0.29, 0.717) is 48.8 Å². The highest BCUT2D eigenvalue weighted by molar-refractivity contribution is 5.97. The number of halogens is 2. The second-order valence-electron chi connectivity index (χ2n) is 15.7. The zero-order valence-electron chi connectivity index (χ0n) is 31.1. The van der Waals surface area contributed by atoms with Crippen molar-refractivity contribution < 1.29 is 18.4 Å². The molecule has 14 heteroatoms. The van der Waals surface area contributed by atoms with Gasteiger partial charge in [-0.25, -0.2) is 13.8 Å². The zero-order chi connectivity index (χ0) is 37.1. The number of amides is 2. The molecule has 0 atom stereocenters. The van der Waals surface area contributed by atoms with Gasteiger partial charge in [-0.1, -0.05) is 0 Å². The molecule has 0 aliphatic carbocycles. The van der Waals surface area contributed by atoms with Crippen molar-refractivity contribution in [1.82, 2.24) is 39.7 Å². The summed E-state index contributed by atoms with van der Waals surface area (Å²) >= 11 is 0. The highest BCUT2D eigenvalue weighted by Gasteiger charge is 2.35. The van der Waals surface area contributed by atoms with E-state index in [2.05, 4.69) is 29.8 Å². The number of aromatic nitrogens is 5. The number of carbonyl (C=O) groups excluding carboxylic acids is 2. The Labute approximate surface area is 314 Å². The Morgan fingerprint density at radius 1 is 1.00 bits per heavy atom. The highest BCUT2D eigenvalue weighted by atomic mass is 19.3. The average molecular weight is 739 g/mol. The predicted octanol–water partition coefficient (Wildman–Crippen LogP) is 5.40. The summed E-state index contributed by atoms with van der Waals surface area (Å²) in [6.45, 7) is 8.98. The number of piperidine rings is 2. The Hall–Kier alpha value is -4.85. The fourth-order valence-corrected chi connectivity index (χ4v) is 9.40. The van der Waals surface area contributed by atoms with Gasteiger partial charge >= 0.3 is 0 Å². The van der Waals surface area contributed by atoms with E-state index in [9.17, 15) is 18.4 Å². The van der Waals surface area contributed by atoms with E-state index in [1.807, 2.05) is 23.1 Å². The molecule has 5 aliphatic rings. The van der Waals surface area contributed by atoms with E-state index in [4.69, 9.17) is 10.1 Å². The molecule has 0 unspecified atom stereocenters. The van der Waals surface area contributed by atoms with Crippen molar-refractivity contribution in [2.45, 2.75) is 77.4 Å². The van der Waals surface area contributed by atoms with Gasteiger partial charge < -0.3 is 24.9 Å². The van der Waals surface area contributed by atoms with E-state index in [-0.39, 0.29) is 23.4 Å². The first-order valence-corrected chi connectivity index (χ1v) is 19.5. The SMILES string of the molecule is CC(=O)N1CCc2c(c(N3CCCc4cc(-c5cnn(C)c5)c(C(F)F)cc43)nn2C2CCN(CC3CCN(c4ccc5c(n4)CNC5=O)CC3)CC2)C1. The lowest BCUT2D eigenvalue weighted by Gasteiger charge is -2.38. The van der Waals surface area contributed by atoms with Crippen LogP contribution in [0.1, 0.15) is 89.9 Å². The molecular formula is C40H48F2N10O2. The quantitative estimate of drug-likeness (QED) is 0.269. The minimum atomic E-state index is -2.64. The molecule has 2 fully saturated rings. The third kappa shape index (κ3) is 6.41. The molecule has 8 heterocycles. The molecule has 4 aromatic rings. The highest BCUT2D eigenvalue weighted by Crippen LogP contribution is 2.44. The molecule has 9 rings (SSSR count). The van der Waals surface area contributed by atoms with Gasteiger partial charge in [0.1, 0.15) is 5.82 Å². The van der Waals surface area contributed by atoms with Gasteiger partial charge in [0.15, 0.2) is 5.82 Å². The number of nitrogens with zero attached hydrogens (tertiary/aromatic N) is 9. The van der Waals surface area contributed by atoms with Crippen LogP contribution >= 0.6 is 0 Å². The van der Waals surface area contributed by atoms with Crippen molar-refractivity contribution in [3.63, 3.8) is 0 Å². The summed E-state index contributed by atoms with van der Waals surface area (Å²) in [5.74, 6) is 2.41. The van der Waals surface area contributed by atoms with Crippen LogP contribution in [0.15, 0.2) is 36.7 Å². The Morgan fingerprint density at radius 2 is 1.81 bits per heavy atom. The molecule has 12 nitrogen and oxygen atoms in total. The normalized spacial score (nSPS) is 19.6. The van der Waals surface area contributed by atoms with Crippen LogP contribution in [0.3, 0.4) is 0 Å². The lowest BCUT2D eigenvalue weighted by Crippen LogP contribution is -2.42. The van der Waals surface area contributed by atoms with Crippen molar-refractivity contribution in [2.75, 3.05) is 55.6 Å². The molecule has 5 aliphatic heterocycles. The number of hydrogen-bond acceptors (Lipinski definition) is 8. The number of anilines is 3. The monoisotopic (exact) mass is 738 g/mol. The van der Waals surface area contributed by atoms with Crippen molar-refractivity contribution >= 4 is 29.1 Å². The maximum atomic E-state index is 14.7. The third-order valence-electron chi connectivity index (χ3n) is 12.4. The molecule has 1 aromatic carbocycles. The zero-order valence-corrected chi connectivity index (χ0v) is 31.1. The fourth-order valence-electron chi connectivity index (χ4n) is 9.40. The van der Waals surface area contributed by atoms with Crippen LogP contribution in [0, 0.1) is 5.92 Å². The van der Waals surface area contributed by atoms with Crippen LogP contribution < -0.4 is 15.1 Å². The first-order valence-electron chi connectivity index (χ1n) is 19.5. The summed E-state index contributed by atoms with van der Waals surface area (Å²) in [6.07, 6.45) is 7.43. The van der Waals surface area contributed by atoms with Gasteiger partial charge in [0.05, 0.1) is 36.6 Å². The number of carbonyl (C=O) groups is 2. The fraction of sp³-hybridized carbons (Fsp3) is 0.525. The van der Waals surface area contributed by atoms with Crippen LogP contribution in [0.2, 0.25) is 0 Å². The maximum Gasteiger partial charge on any atom is 0.264 e. The molecule has 284 valence electrons. The van der Waals surface area contributed by atoms with E-state index >= 15 is 0 Å².